The van der Waals surface area contributed by atoms with Crippen LogP contribution in [0.3, 0.4) is 0 Å². The molecule has 0 radical (unpaired) electrons. The van der Waals surface area contributed by atoms with Gasteiger partial charge in [-0.15, -0.1) is 0 Å². The number of benzene rings is 2. The van der Waals surface area contributed by atoms with Crippen molar-refractivity contribution in [2.45, 2.75) is 13.0 Å². The highest BCUT2D eigenvalue weighted by Gasteiger charge is 2.26. The van der Waals surface area contributed by atoms with Crippen molar-refractivity contribution in [2.24, 2.45) is 0 Å². The number of hydrogen-bond acceptors (Lipinski definition) is 4. The number of carbonyl (C=O) groups is 2. The van der Waals surface area contributed by atoms with Gasteiger partial charge in [-0.25, -0.2) is 9.59 Å². The topological polar surface area (TPSA) is 87.8 Å². The van der Waals surface area contributed by atoms with Gasteiger partial charge in [0.25, 0.3) is 5.91 Å². The number of aromatic carboxylic acids is 1. The van der Waals surface area contributed by atoms with Crippen molar-refractivity contribution in [3.05, 3.63) is 81.2 Å². The second kappa shape index (κ2) is 6.15. The fraction of sp³-hybridized carbons (Fsp3) is 0.150. The first-order valence-corrected chi connectivity index (χ1v) is 8.21. The molecule has 0 unspecified atom stereocenters. The van der Waals surface area contributed by atoms with Gasteiger partial charge in [-0.1, -0.05) is 18.2 Å². The van der Waals surface area contributed by atoms with Crippen LogP contribution in [0.25, 0.3) is 11.0 Å². The van der Waals surface area contributed by atoms with Crippen molar-refractivity contribution in [1.29, 1.82) is 0 Å². The summed E-state index contributed by atoms with van der Waals surface area (Å²) in [6.45, 7) is 0.669. The summed E-state index contributed by atoms with van der Waals surface area (Å²) in [6, 6.07) is 13.2. The molecule has 0 atom stereocenters. The van der Waals surface area contributed by atoms with E-state index in [1.54, 1.807) is 11.0 Å². The summed E-state index contributed by atoms with van der Waals surface area (Å²) in [5, 5.41) is 9.85. The number of fused-ring (bicyclic) bond motifs is 3. The van der Waals surface area contributed by atoms with E-state index in [2.05, 4.69) is 0 Å². The highest BCUT2D eigenvalue weighted by Crippen LogP contribution is 2.25. The highest BCUT2D eigenvalue weighted by molar-refractivity contribution is 5.96. The molecule has 26 heavy (non-hydrogen) atoms. The van der Waals surface area contributed by atoms with Crippen LogP contribution in [0, 0.1) is 0 Å². The molecule has 0 bridgehead atoms. The van der Waals surface area contributed by atoms with Crippen LogP contribution >= 0.6 is 0 Å². The first-order chi connectivity index (χ1) is 12.5. The zero-order chi connectivity index (χ0) is 18.3. The molecule has 4 rings (SSSR count). The molecule has 6 nitrogen and oxygen atoms in total. The van der Waals surface area contributed by atoms with Crippen LogP contribution in [0.15, 0.2) is 57.7 Å². The molecule has 130 valence electrons. The third-order valence-electron chi connectivity index (χ3n) is 4.67. The summed E-state index contributed by atoms with van der Waals surface area (Å²) in [7, 11) is 0. The molecule has 1 aliphatic rings. The first kappa shape index (κ1) is 16.1. The second-order valence-corrected chi connectivity index (χ2v) is 6.20. The Morgan fingerprint density at radius 3 is 2.38 bits per heavy atom. The molecule has 2 aromatic carbocycles. The zero-order valence-electron chi connectivity index (χ0n) is 13.8. The Morgan fingerprint density at radius 1 is 0.962 bits per heavy atom. The maximum atomic E-state index is 12.7. The monoisotopic (exact) mass is 349 g/mol. The summed E-state index contributed by atoms with van der Waals surface area (Å²) < 4.78 is 5.38. The Balaban J connectivity index is 1.66. The van der Waals surface area contributed by atoms with Crippen LogP contribution in [0.4, 0.5) is 0 Å². The summed E-state index contributed by atoms with van der Waals surface area (Å²) in [4.78, 5) is 37.6. The maximum Gasteiger partial charge on any atom is 0.341 e. The van der Waals surface area contributed by atoms with Gasteiger partial charge in [0.05, 0.1) is 17.7 Å². The number of nitrogens with zero attached hydrogens (tertiary/aromatic N) is 1. The van der Waals surface area contributed by atoms with Crippen molar-refractivity contribution in [2.75, 3.05) is 6.54 Å². The van der Waals surface area contributed by atoms with Crippen molar-refractivity contribution in [3.8, 4) is 0 Å². The van der Waals surface area contributed by atoms with E-state index in [-0.39, 0.29) is 18.0 Å². The van der Waals surface area contributed by atoms with Gasteiger partial charge < -0.3 is 14.4 Å². The number of para-hydroxylation sites is 1. The number of hydrogen-bond donors (Lipinski definition) is 1. The lowest BCUT2D eigenvalue weighted by molar-refractivity contribution is 0.0692. The van der Waals surface area contributed by atoms with Crippen LogP contribution in [0.2, 0.25) is 0 Å². The zero-order valence-corrected chi connectivity index (χ0v) is 13.8. The van der Waals surface area contributed by atoms with Gasteiger partial charge in [-0.2, -0.15) is 0 Å². The average Bonchev–Trinajstić information content (AvgIpc) is 2.67. The molecule has 1 aromatic heterocycles. The number of rotatable bonds is 2. The van der Waals surface area contributed by atoms with E-state index in [4.69, 9.17) is 9.52 Å². The smallest absolute Gasteiger partial charge is 0.341 e. The van der Waals surface area contributed by atoms with E-state index in [9.17, 15) is 14.4 Å². The van der Waals surface area contributed by atoms with Gasteiger partial charge in [-0.05, 0) is 42.3 Å². The van der Waals surface area contributed by atoms with Gasteiger partial charge >= 0.3 is 11.6 Å². The van der Waals surface area contributed by atoms with E-state index < -0.39 is 11.6 Å². The predicted octanol–water partition coefficient (Wildman–Crippen LogP) is 2.69. The van der Waals surface area contributed by atoms with Crippen molar-refractivity contribution < 1.29 is 19.1 Å². The van der Waals surface area contributed by atoms with Crippen LogP contribution in [-0.2, 0) is 13.0 Å². The number of carbonyl (C=O) groups excluding carboxylic acids is 1. The largest absolute Gasteiger partial charge is 0.478 e. The van der Waals surface area contributed by atoms with Crippen LogP contribution < -0.4 is 5.63 Å². The molecule has 6 heteroatoms. The fourth-order valence-corrected chi connectivity index (χ4v) is 3.33. The standard InChI is InChI=1S/C20H15NO5/c22-18(12-5-7-13(8-6-12)19(23)24)21-10-9-14-15-3-1-2-4-17(15)26-20(25)16(14)11-21/h1-8H,9-11H2,(H,23,24). The first-order valence-electron chi connectivity index (χ1n) is 8.21. The van der Waals surface area contributed by atoms with Crippen molar-refractivity contribution in [3.63, 3.8) is 0 Å². The van der Waals surface area contributed by atoms with Gasteiger partial charge in [-0.3, -0.25) is 4.79 Å². The van der Waals surface area contributed by atoms with E-state index >= 15 is 0 Å². The lowest BCUT2D eigenvalue weighted by Gasteiger charge is -2.28. The SMILES string of the molecule is O=C(O)c1ccc(C(=O)N2CCc3c(c(=O)oc4ccccc34)C2)cc1. The Kier molecular flexibility index (Phi) is 3.80. The van der Waals surface area contributed by atoms with Gasteiger partial charge in [0, 0.05) is 17.5 Å². The average molecular weight is 349 g/mol. The van der Waals surface area contributed by atoms with E-state index in [1.165, 1.54) is 24.3 Å². The Labute approximate surface area is 148 Å². The van der Waals surface area contributed by atoms with E-state index in [0.717, 1.165) is 10.9 Å². The third-order valence-corrected chi connectivity index (χ3v) is 4.67. The Morgan fingerprint density at radius 2 is 1.65 bits per heavy atom. The van der Waals surface area contributed by atoms with Crippen LogP contribution in [0.1, 0.15) is 31.8 Å². The Bertz CT molecular complexity index is 1080. The number of amides is 1. The molecule has 3 aromatic rings. The molecular weight excluding hydrogens is 334 g/mol. The minimum absolute atomic E-state index is 0.123. The minimum atomic E-state index is -1.04. The molecule has 0 fully saturated rings. The molecule has 0 saturated carbocycles. The van der Waals surface area contributed by atoms with Gasteiger partial charge in [0.15, 0.2) is 0 Å². The third kappa shape index (κ3) is 2.65. The molecule has 2 heterocycles. The number of carboxylic acid groups (broad SMARTS) is 1. The molecule has 0 saturated heterocycles. The lowest BCUT2D eigenvalue weighted by Crippen LogP contribution is -2.38. The van der Waals surface area contributed by atoms with Crippen LogP contribution in [-0.4, -0.2) is 28.4 Å². The summed E-state index contributed by atoms with van der Waals surface area (Å²) in [6.07, 6.45) is 0.570. The summed E-state index contributed by atoms with van der Waals surface area (Å²) in [5.41, 5.74) is 2.09. The summed E-state index contributed by atoms with van der Waals surface area (Å²) >= 11 is 0. The van der Waals surface area contributed by atoms with Crippen molar-refractivity contribution in [1.82, 2.24) is 4.90 Å². The fourth-order valence-electron chi connectivity index (χ4n) is 3.33. The Hall–Kier alpha value is -3.41. The molecule has 1 aliphatic heterocycles. The predicted molar refractivity (Wildman–Crippen MR) is 94.3 cm³/mol. The lowest BCUT2D eigenvalue weighted by atomic mass is 9.97. The maximum absolute atomic E-state index is 12.7. The second-order valence-electron chi connectivity index (χ2n) is 6.20. The molecular formula is C20H15NO5. The van der Waals surface area contributed by atoms with Gasteiger partial charge in [0.2, 0.25) is 0 Å². The van der Waals surface area contributed by atoms with Crippen LogP contribution in [0.5, 0.6) is 0 Å². The normalized spacial score (nSPS) is 13.5. The highest BCUT2D eigenvalue weighted by atomic mass is 16.4. The number of carboxylic acids is 1. The molecule has 1 N–H and O–H groups in total. The molecule has 0 aliphatic carbocycles. The van der Waals surface area contributed by atoms with Crippen molar-refractivity contribution >= 4 is 22.8 Å². The molecule has 1 amide bonds. The van der Waals surface area contributed by atoms with E-state index in [0.29, 0.717) is 29.7 Å². The van der Waals surface area contributed by atoms with E-state index in [1.807, 2.05) is 18.2 Å². The molecule has 0 spiro atoms. The quantitative estimate of drug-likeness (QED) is 0.719. The van der Waals surface area contributed by atoms with Gasteiger partial charge in [0.1, 0.15) is 5.58 Å². The minimum Gasteiger partial charge on any atom is -0.478 e. The summed E-state index contributed by atoms with van der Waals surface area (Å²) in [5.74, 6) is -1.28.